The average molecular weight is 508 g/mol. The van der Waals surface area contributed by atoms with Gasteiger partial charge in [-0.2, -0.15) is 0 Å². The van der Waals surface area contributed by atoms with Crippen LogP contribution in [0.2, 0.25) is 0 Å². The number of benzene rings is 2. The minimum absolute atomic E-state index is 0.232. The maximum atomic E-state index is 13.6. The average Bonchev–Trinajstić information content (AvgIpc) is 2.95. The topological polar surface area (TPSA) is 81.7 Å². The van der Waals surface area contributed by atoms with Gasteiger partial charge in [0.1, 0.15) is 17.3 Å². The molecule has 0 amide bonds. The number of esters is 1. The summed E-state index contributed by atoms with van der Waals surface area (Å²) in [5, 5.41) is 7.07. The standard InChI is InChI=1S/C29H34FN3O4/c1-35-29(34)27-9-4-7-23(33-27)18-32-28-19-31-15-14-25(28)21-10-12-24(13-11-21)37-17-5-16-36-20-22-6-2-3-8-26(22)30/h2-4,6-13,25,28,31-32H,5,14-20H2,1H3. The van der Waals surface area contributed by atoms with Crippen LogP contribution in [-0.4, -0.2) is 50.4 Å². The summed E-state index contributed by atoms with van der Waals surface area (Å²) in [6.07, 6.45) is 1.74. The molecular weight excluding hydrogens is 473 g/mol. The van der Waals surface area contributed by atoms with Crippen molar-refractivity contribution in [2.45, 2.75) is 38.0 Å². The fourth-order valence-electron chi connectivity index (χ4n) is 4.46. The molecule has 2 atom stereocenters. The molecule has 0 radical (unpaired) electrons. The van der Waals surface area contributed by atoms with E-state index in [0.717, 1.165) is 37.4 Å². The van der Waals surface area contributed by atoms with Gasteiger partial charge < -0.3 is 24.8 Å². The number of nitrogens with one attached hydrogen (secondary N) is 2. The molecule has 0 aliphatic carbocycles. The number of ether oxygens (including phenoxy) is 3. The monoisotopic (exact) mass is 507 g/mol. The van der Waals surface area contributed by atoms with Gasteiger partial charge in [0.2, 0.25) is 0 Å². The van der Waals surface area contributed by atoms with Crippen LogP contribution in [0.4, 0.5) is 4.39 Å². The van der Waals surface area contributed by atoms with Crippen LogP contribution in [0.1, 0.15) is 46.1 Å². The molecule has 0 spiro atoms. The van der Waals surface area contributed by atoms with Crippen LogP contribution in [0.3, 0.4) is 0 Å². The van der Waals surface area contributed by atoms with Gasteiger partial charge in [-0.15, -0.1) is 0 Å². The third-order valence-corrected chi connectivity index (χ3v) is 6.45. The van der Waals surface area contributed by atoms with Crippen LogP contribution in [-0.2, 0) is 22.6 Å². The molecule has 8 heteroatoms. The molecule has 7 nitrogen and oxygen atoms in total. The Bertz CT molecular complexity index is 1140. The Balaban J connectivity index is 1.23. The van der Waals surface area contributed by atoms with Crippen LogP contribution >= 0.6 is 0 Å². The number of hydrogen-bond acceptors (Lipinski definition) is 7. The van der Waals surface area contributed by atoms with E-state index in [1.165, 1.54) is 18.7 Å². The molecule has 3 aromatic rings. The molecule has 196 valence electrons. The number of halogens is 1. The normalized spacial score (nSPS) is 17.4. The molecule has 37 heavy (non-hydrogen) atoms. The molecule has 4 rings (SSSR count). The molecule has 2 aromatic carbocycles. The minimum Gasteiger partial charge on any atom is -0.494 e. The van der Waals surface area contributed by atoms with Crippen LogP contribution in [0.15, 0.2) is 66.7 Å². The first-order chi connectivity index (χ1) is 18.1. The van der Waals surface area contributed by atoms with Crippen LogP contribution in [0, 0.1) is 5.82 Å². The Morgan fingerprint density at radius 1 is 1.08 bits per heavy atom. The van der Waals surface area contributed by atoms with Crippen molar-refractivity contribution >= 4 is 5.97 Å². The predicted molar refractivity (Wildman–Crippen MR) is 139 cm³/mol. The van der Waals surface area contributed by atoms with Gasteiger partial charge >= 0.3 is 5.97 Å². The molecule has 0 bridgehead atoms. The summed E-state index contributed by atoms with van der Waals surface area (Å²) in [6.45, 7) is 3.68. The van der Waals surface area contributed by atoms with Gasteiger partial charge in [0, 0.05) is 37.0 Å². The summed E-state index contributed by atoms with van der Waals surface area (Å²) in [4.78, 5) is 16.2. The zero-order chi connectivity index (χ0) is 25.9. The van der Waals surface area contributed by atoms with Crippen molar-refractivity contribution in [1.82, 2.24) is 15.6 Å². The van der Waals surface area contributed by atoms with E-state index in [1.54, 1.807) is 24.3 Å². The molecule has 2 unspecified atom stereocenters. The Morgan fingerprint density at radius 2 is 1.92 bits per heavy atom. The lowest BCUT2D eigenvalue weighted by Crippen LogP contribution is -2.47. The summed E-state index contributed by atoms with van der Waals surface area (Å²) in [7, 11) is 1.36. The van der Waals surface area contributed by atoms with E-state index >= 15 is 0 Å². The summed E-state index contributed by atoms with van der Waals surface area (Å²) < 4.78 is 29.8. The van der Waals surface area contributed by atoms with Gasteiger partial charge in [-0.3, -0.25) is 0 Å². The second-order valence-corrected chi connectivity index (χ2v) is 9.01. The van der Waals surface area contributed by atoms with Crippen molar-refractivity contribution in [3.8, 4) is 5.75 Å². The maximum absolute atomic E-state index is 13.6. The lowest BCUT2D eigenvalue weighted by atomic mass is 9.86. The molecule has 2 heterocycles. The highest BCUT2D eigenvalue weighted by molar-refractivity contribution is 5.87. The fourth-order valence-corrected chi connectivity index (χ4v) is 4.46. The smallest absolute Gasteiger partial charge is 0.356 e. The Labute approximate surface area is 217 Å². The highest BCUT2D eigenvalue weighted by Gasteiger charge is 2.26. The number of rotatable bonds is 12. The SMILES string of the molecule is COC(=O)c1cccc(CNC2CNCCC2c2ccc(OCCCOCc3ccccc3F)cc2)n1. The van der Waals surface area contributed by atoms with Crippen molar-refractivity contribution in [2.24, 2.45) is 0 Å². The van der Waals surface area contributed by atoms with Crippen molar-refractivity contribution in [1.29, 1.82) is 0 Å². The summed E-state index contributed by atoms with van der Waals surface area (Å²) in [5.41, 5.74) is 2.94. The highest BCUT2D eigenvalue weighted by atomic mass is 19.1. The lowest BCUT2D eigenvalue weighted by molar-refractivity contribution is 0.0593. The molecule has 1 aromatic heterocycles. The lowest BCUT2D eigenvalue weighted by Gasteiger charge is -2.33. The van der Waals surface area contributed by atoms with Gasteiger partial charge in [0.15, 0.2) is 0 Å². The molecule has 1 aliphatic rings. The van der Waals surface area contributed by atoms with E-state index in [0.29, 0.717) is 36.9 Å². The zero-order valence-corrected chi connectivity index (χ0v) is 21.1. The maximum Gasteiger partial charge on any atom is 0.356 e. The van der Waals surface area contributed by atoms with Crippen LogP contribution in [0.25, 0.3) is 0 Å². The first-order valence-corrected chi connectivity index (χ1v) is 12.7. The summed E-state index contributed by atoms with van der Waals surface area (Å²) >= 11 is 0. The van der Waals surface area contributed by atoms with Gasteiger partial charge in [-0.05, 0) is 48.9 Å². The number of piperidine rings is 1. The Kier molecular flexibility index (Phi) is 9.99. The summed E-state index contributed by atoms with van der Waals surface area (Å²) in [6, 6.07) is 20.5. The van der Waals surface area contributed by atoms with Crippen LogP contribution < -0.4 is 15.4 Å². The molecule has 0 saturated carbocycles. The number of carbonyl (C=O) groups excluding carboxylic acids is 1. The van der Waals surface area contributed by atoms with Gasteiger partial charge in [-0.1, -0.05) is 36.4 Å². The summed E-state index contributed by atoms with van der Waals surface area (Å²) in [5.74, 6) is 0.497. The fraction of sp³-hybridized carbons (Fsp3) is 0.379. The molecule has 1 aliphatic heterocycles. The zero-order valence-electron chi connectivity index (χ0n) is 21.1. The largest absolute Gasteiger partial charge is 0.494 e. The first-order valence-electron chi connectivity index (χ1n) is 12.7. The van der Waals surface area contributed by atoms with Crippen molar-refractivity contribution in [3.05, 3.63) is 95.1 Å². The van der Waals surface area contributed by atoms with E-state index < -0.39 is 5.97 Å². The van der Waals surface area contributed by atoms with E-state index in [9.17, 15) is 9.18 Å². The predicted octanol–water partition coefficient (Wildman–Crippen LogP) is 4.23. The molecule has 1 fully saturated rings. The minimum atomic E-state index is -0.434. The van der Waals surface area contributed by atoms with Gasteiger partial charge in [0.05, 0.1) is 32.6 Å². The number of nitrogens with zero attached hydrogens (tertiary/aromatic N) is 1. The quantitative estimate of drug-likeness (QED) is 0.281. The van der Waals surface area contributed by atoms with Gasteiger partial charge in [-0.25, -0.2) is 14.2 Å². The van der Waals surface area contributed by atoms with Crippen LogP contribution in [0.5, 0.6) is 5.75 Å². The second kappa shape index (κ2) is 13.8. The first kappa shape index (κ1) is 26.7. The highest BCUT2D eigenvalue weighted by Crippen LogP contribution is 2.27. The Hall–Kier alpha value is -3.33. The number of pyridine rings is 1. The van der Waals surface area contributed by atoms with Crippen molar-refractivity contribution in [2.75, 3.05) is 33.4 Å². The Morgan fingerprint density at radius 3 is 2.73 bits per heavy atom. The number of aromatic nitrogens is 1. The second-order valence-electron chi connectivity index (χ2n) is 9.01. The van der Waals surface area contributed by atoms with E-state index in [-0.39, 0.29) is 18.5 Å². The van der Waals surface area contributed by atoms with Crippen molar-refractivity contribution < 1.29 is 23.4 Å². The number of hydrogen-bond donors (Lipinski definition) is 2. The molecular formula is C29H34FN3O4. The number of carbonyl (C=O) groups is 1. The van der Waals surface area contributed by atoms with Gasteiger partial charge in [0.25, 0.3) is 0 Å². The molecule has 2 N–H and O–H groups in total. The van der Waals surface area contributed by atoms with E-state index in [1.807, 2.05) is 24.3 Å². The third kappa shape index (κ3) is 7.82. The van der Waals surface area contributed by atoms with E-state index in [2.05, 4.69) is 27.8 Å². The van der Waals surface area contributed by atoms with E-state index in [4.69, 9.17) is 14.2 Å². The van der Waals surface area contributed by atoms with Crippen molar-refractivity contribution in [3.63, 3.8) is 0 Å². The molecule has 1 saturated heterocycles. The number of methoxy groups -OCH3 is 1. The third-order valence-electron chi connectivity index (χ3n) is 6.45.